The zero-order valence-corrected chi connectivity index (χ0v) is 17.5. The van der Waals surface area contributed by atoms with E-state index in [1.165, 1.54) is 12.2 Å². The number of benzene rings is 1. The molecule has 0 atom stereocenters. The fourth-order valence-electron chi connectivity index (χ4n) is 2.16. The number of nitrogens with one attached hydrogen (secondary N) is 2. The normalized spacial score (nSPS) is 11.2. The maximum absolute atomic E-state index is 11.9. The highest BCUT2D eigenvalue weighted by Gasteiger charge is 2.02. The largest absolute Gasteiger partial charge is 0.450 e. The van der Waals surface area contributed by atoms with Crippen LogP contribution in [0.3, 0.4) is 0 Å². The summed E-state index contributed by atoms with van der Waals surface area (Å²) in [6.07, 6.45) is 5.88. The Labute approximate surface area is 177 Å². The van der Waals surface area contributed by atoms with Gasteiger partial charge in [0, 0.05) is 23.5 Å². The molecule has 3 rings (SSSR count). The lowest BCUT2D eigenvalue weighted by Gasteiger charge is -2.05. The van der Waals surface area contributed by atoms with E-state index < -0.39 is 0 Å². The first-order chi connectivity index (χ1) is 13.5. The Bertz CT molecular complexity index is 949. The predicted octanol–water partition coefficient (Wildman–Crippen LogP) is 5.70. The fraction of sp³-hybridized carbons (Fsp3) is 0. The summed E-state index contributed by atoms with van der Waals surface area (Å²) in [6.45, 7) is 0. The van der Waals surface area contributed by atoms with E-state index in [1.807, 2.05) is 0 Å². The Balaban J connectivity index is 1.51. The van der Waals surface area contributed by atoms with Crippen LogP contribution >= 0.6 is 31.9 Å². The number of amides is 2. The van der Waals surface area contributed by atoms with Crippen molar-refractivity contribution < 1.29 is 18.4 Å². The Hall–Kier alpha value is -2.84. The standard InChI is InChI=1S/C20H14Br2N2O4/c21-17-9-5-15(27-17)7-11-19(25)23-13-1-2-14(4-3-13)24-20(26)12-8-16-6-10-18(22)28-16/h1-12H,(H,23,25)(H,24,26). The molecule has 0 fully saturated rings. The minimum Gasteiger partial charge on any atom is -0.450 e. The van der Waals surface area contributed by atoms with Gasteiger partial charge in [0.1, 0.15) is 11.5 Å². The molecule has 0 aliphatic rings. The average molecular weight is 506 g/mol. The van der Waals surface area contributed by atoms with Gasteiger partial charge in [0.2, 0.25) is 11.8 Å². The molecule has 8 heteroatoms. The summed E-state index contributed by atoms with van der Waals surface area (Å²) in [7, 11) is 0. The molecule has 0 aliphatic heterocycles. The first-order valence-electron chi connectivity index (χ1n) is 8.07. The van der Waals surface area contributed by atoms with E-state index in [0.29, 0.717) is 32.2 Å². The molecule has 1 aromatic carbocycles. The fourth-order valence-corrected chi connectivity index (χ4v) is 2.79. The molecule has 2 N–H and O–H groups in total. The van der Waals surface area contributed by atoms with E-state index in [2.05, 4.69) is 42.5 Å². The number of rotatable bonds is 6. The summed E-state index contributed by atoms with van der Waals surface area (Å²) >= 11 is 6.39. The lowest BCUT2D eigenvalue weighted by molar-refractivity contribution is -0.112. The van der Waals surface area contributed by atoms with Gasteiger partial charge in [-0.25, -0.2) is 0 Å². The van der Waals surface area contributed by atoms with Crippen molar-refractivity contribution in [2.24, 2.45) is 0 Å². The van der Waals surface area contributed by atoms with Crippen molar-refractivity contribution in [3.8, 4) is 0 Å². The molecule has 2 heterocycles. The van der Waals surface area contributed by atoms with Gasteiger partial charge in [-0.1, -0.05) is 0 Å². The molecule has 0 aliphatic carbocycles. The number of anilines is 2. The van der Waals surface area contributed by atoms with Crippen molar-refractivity contribution in [2.75, 3.05) is 10.6 Å². The highest BCUT2D eigenvalue weighted by atomic mass is 79.9. The average Bonchev–Trinajstić information content (AvgIpc) is 3.28. The van der Waals surface area contributed by atoms with Crippen LogP contribution in [0.5, 0.6) is 0 Å². The number of halogens is 2. The number of hydrogen-bond acceptors (Lipinski definition) is 4. The molecular formula is C20H14Br2N2O4. The topological polar surface area (TPSA) is 84.5 Å². The molecule has 2 amide bonds. The summed E-state index contributed by atoms with van der Waals surface area (Å²) in [5.41, 5.74) is 1.20. The third-order valence-corrected chi connectivity index (χ3v) is 4.26. The highest BCUT2D eigenvalue weighted by molar-refractivity contribution is 9.10. The van der Waals surface area contributed by atoms with Crippen molar-refractivity contribution in [3.05, 3.63) is 81.5 Å². The SMILES string of the molecule is O=C(C=Cc1ccc(Br)o1)Nc1ccc(NC(=O)C=Cc2ccc(Br)o2)cc1. The second-order valence-corrected chi connectivity index (χ2v) is 7.07. The van der Waals surface area contributed by atoms with E-state index >= 15 is 0 Å². The Morgan fingerprint density at radius 1 is 0.679 bits per heavy atom. The van der Waals surface area contributed by atoms with Gasteiger partial charge in [0.15, 0.2) is 9.34 Å². The van der Waals surface area contributed by atoms with E-state index in [4.69, 9.17) is 8.83 Å². The molecule has 0 saturated carbocycles. The zero-order valence-electron chi connectivity index (χ0n) is 14.3. The van der Waals surface area contributed by atoms with Crippen molar-refractivity contribution in [3.63, 3.8) is 0 Å². The first kappa shape index (κ1) is 19.9. The van der Waals surface area contributed by atoms with Gasteiger partial charge in [-0.15, -0.1) is 0 Å². The number of carbonyl (C=O) groups excluding carboxylic acids is 2. The number of furan rings is 2. The van der Waals surface area contributed by atoms with Crippen LogP contribution in [-0.4, -0.2) is 11.8 Å². The maximum atomic E-state index is 11.9. The first-order valence-corrected chi connectivity index (χ1v) is 9.65. The lowest BCUT2D eigenvalue weighted by atomic mass is 10.2. The predicted molar refractivity (Wildman–Crippen MR) is 115 cm³/mol. The molecule has 0 spiro atoms. The molecule has 28 heavy (non-hydrogen) atoms. The van der Waals surface area contributed by atoms with Crippen LogP contribution in [0.15, 0.2) is 78.9 Å². The van der Waals surface area contributed by atoms with Gasteiger partial charge in [0.05, 0.1) is 0 Å². The van der Waals surface area contributed by atoms with Gasteiger partial charge in [-0.05, 0) is 92.5 Å². The summed E-state index contributed by atoms with van der Waals surface area (Å²) in [5.74, 6) is 0.541. The third kappa shape index (κ3) is 6.11. The van der Waals surface area contributed by atoms with E-state index in [0.717, 1.165) is 0 Å². The van der Waals surface area contributed by atoms with Crippen molar-refractivity contribution in [1.82, 2.24) is 0 Å². The summed E-state index contributed by atoms with van der Waals surface area (Å²) in [4.78, 5) is 23.9. The van der Waals surface area contributed by atoms with Gasteiger partial charge in [-0.2, -0.15) is 0 Å². The molecular weight excluding hydrogens is 492 g/mol. The van der Waals surface area contributed by atoms with Crippen LogP contribution in [0.2, 0.25) is 0 Å². The van der Waals surface area contributed by atoms with Crippen LogP contribution < -0.4 is 10.6 Å². The van der Waals surface area contributed by atoms with Crippen LogP contribution in [0, 0.1) is 0 Å². The Morgan fingerprint density at radius 2 is 1.07 bits per heavy atom. The molecule has 3 aromatic rings. The molecule has 0 saturated heterocycles. The molecule has 0 radical (unpaired) electrons. The molecule has 6 nitrogen and oxygen atoms in total. The van der Waals surface area contributed by atoms with Crippen molar-refractivity contribution in [1.29, 1.82) is 0 Å². The second-order valence-electron chi connectivity index (χ2n) is 5.51. The number of hydrogen-bond donors (Lipinski definition) is 2. The third-order valence-electron chi connectivity index (χ3n) is 3.41. The maximum Gasteiger partial charge on any atom is 0.248 e. The summed E-state index contributed by atoms with van der Waals surface area (Å²) < 4.78 is 11.8. The van der Waals surface area contributed by atoms with E-state index in [-0.39, 0.29) is 11.8 Å². The quantitative estimate of drug-likeness (QED) is 0.421. The lowest BCUT2D eigenvalue weighted by Crippen LogP contribution is -2.09. The number of carbonyl (C=O) groups is 2. The molecule has 2 aromatic heterocycles. The minimum atomic E-state index is -0.295. The second kappa shape index (κ2) is 9.38. The Kier molecular flexibility index (Phi) is 6.67. The molecule has 142 valence electrons. The molecule has 0 bridgehead atoms. The Morgan fingerprint density at radius 3 is 1.39 bits per heavy atom. The van der Waals surface area contributed by atoms with Gasteiger partial charge in [0.25, 0.3) is 0 Å². The zero-order chi connectivity index (χ0) is 19.9. The van der Waals surface area contributed by atoms with Crippen LogP contribution in [-0.2, 0) is 9.59 Å². The van der Waals surface area contributed by atoms with E-state index in [1.54, 1.807) is 60.7 Å². The monoisotopic (exact) mass is 504 g/mol. The van der Waals surface area contributed by atoms with Gasteiger partial charge in [-0.3, -0.25) is 9.59 Å². The summed E-state index contributed by atoms with van der Waals surface area (Å²) in [6, 6.07) is 13.7. The van der Waals surface area contributed by atoms with Gasteiger partial charge < -0.3 is 19.5 Å². The summed E-state index contributed by atoms with van der Waals surface area (Å²) in [5, 5.41) is 5.45. The highest BCUT2D eigenvalue weighted by Crippen LogP contribution is 2.17. The van der Waals surface area contributed by atoms with Crippen LogP contribution in [0.1, 0.15) is 11.5 Å². The molecule has 0 unspecified atom stereocenters. The van der Waals surface area contributed by atoms with Gasteiger partial charge >= 0.3 is 0 Å². The van der Waals surface area contributed by atoms with Crippen LogP contribution in [0.4, 0.5) is 11.4 Å². The smallest absolute Gasteiger partial charge is 0.248 e. The minimum absolute atomic E-state index is 0.295. The van der Waals surface area contributed by atoms with Crippen molar-refractivity contribution >= 4 is 67.2 Å². The van der Waals surface area contributed by atoms with Crippen LogP contribution in [0.25, 0.3) is 12.2 Å². The van der Waals surface area contributed by atoms with E-state index in [9.17, 15) is 9.59 Å². The van der Waals surface area contributed by atoms with Crippen molar-refractivity contribution in [2.45, 2.75) is 0 Å².